The van der Waals surface area contributed by atoms with Crippen LogP contribution in [0.2, 0.25) is 0 Å². The highest BCUT2D eigenvalue weighted by molar-refractivity contribution is 6.08. The van der Waals surface area contributed by atoms with Gasteiger partial charge in [-0.2, -0.15) is 0 Å². The Balaban J connectivity index is 1.44. The number of fused-ring (bicyclic) bond motifs is 2. The minimum absolute atomic E-state index is 0.0180. The topological polar surface area (TPSA) is 95.9 Å². The first-order chi connectivity index (χ1) is 16.0. The third kappa shape index (κ3) is 4.07. The van der Waals surface area contributed by atoms with Crippen LogP contribution >= 0.6 is 0 Å². The van der Waals surface area contributed by atoms with Crippen LogP contribution in [0.3, 0.4) is 0 Å². The van der Waals surface area contributed by atoms with Crippen molar-refractivity contribution >= 4 is 28.4 Å². The lowest BCUT2D eigenvalue weighted by Gasteiger charge is -2.28. The Hall–Kier alpha value is -3.71. The van der Waals surface area contributed by atoms with Gasteiger partial charge >= 0.3 is 0 Å². The highest BCUT2D eigenvalue weighted by atomic mass is 16.5. The molecule has 7 heteroatoms. The number of benzene rings is 3. The summed E-state index contributed by atoms with van der Waals surface area (Å²) in [5.74, 6) is -0.635. The molecule has 2 saturated heterocycles. The van der Waals surface area contributed by atoms with Crippen molar-refractivity contribution in [3.8, 4) is 5.75 Å². The Labute approximate surface area is 191 Å². The molecule has 0 spiro atoms. The molecule has 168 valence electrons. The number of phenolic OH excluding ortho intramolecular Hbond substituents is 1. The molecule has 0 bridgehead atoms. The number of carbonyl (C=O) groups excluding carboxylic acids is 3. The molecule has 7 nitrogen and oxygen atoms in total. The molecule has 2 amide bonds. The molecular formula is C26H24N2O5. The van der Waals surface area contributed by atoms with Gasteiger partial charge in [0, 0.05) is 18.5 Å². The molecule has 3 unspecified atom stereocenters. The number of Topliss-reactive ketones (excluding diaryl/α,β-unsaturated/α-hetero) is 1. The molecular weight excluding hydrogens is 420 g/mol. The summed E-state index contributed by atoms with van der Waals surface area (Å²) in [4.78, 5) is 40.8. The molecule has 5 rings (SSSR count). The van der Waals surface area contributed by atoms with Crippen molar-refractivity contribution in [3.63, 3.8) is 0 Å². The summed E-state index contributed by atoms with van der Waals surface area (Å²) < 4.78 is 5.52. The number of ketones is 1. The second-order valence-corrected chi connectivity index (χ2v) is 8.50. The first-order valence-electron chi connectivity index (χ1n) is 11.0. The SMILES string of the molecule is O=C(NC(Cc1ccc(O)cc1)C(=O)N1CCC2OCC(=O)C21)c1cccc2ccccc12. The number of rotatable bonds is 5. The number of phenols is 1. The first kappa shape index (κ1) is 21.2. The number of likely N-dealkylation sites (tertiary alicyclic amines) is 1. The van der Waals surface area contributed by atoms with Crippen LogP contribution < -0.4 is 5.32 Å². The highest BCUT2D eigenvalue weighted by Crippen LogP contribution is 2.28. The molecule has 0 radical (unpaired) electrons. The van der Waals surface area contributed by atoms with Gasteiger partial charge in [-0.25, -0.2) is 0 Å². The van der Waals surface area contributed by atoms with Crippen molar-refractivity contribution in [2.45, 2.75) is 31.0 Å². The van der Waals surface area contributed by atoms with Gasteiger partial charge < -0.3 is 20.1 Å². The van der Waals surface area contributed by atoms with Crippen LogP contribution in [0.15, 0.2) is 66.7 Å². The summed E-state index contributed by atoms with van der Waals surface area (Å²) in [5.41, 5.74) is 1.27. The third-order valence-corrected chi connectivity index (χ3v) is 6.41. The van der Waals surface area contributed by atoms with Gasteiger partial charge in [-0.15, -0.1) is 0 Å². The summed E-state index contributed by atoms with van der Waals surface area (Å²) in [6.45, 7) is 0.431. The molecule has 3 aromatic rings. The predicted octanol–water partition coefficient (Wildman–Crippen LogP) is 2.46. The number of ether oxygens (including phenoxy) is 1. The third-order valence-electron chi connectivity index (χ3n) is 6.41. The molecule has 0 saturated carbocycles. The molecule has 2 heterocycles. The maximum absolute atomic E-state index is 13.6. The number of nitrogens with zero attached hydrogens (tertiary/aromatic N) is 1. The average molecular weight is 444 g/mol. The van der Waals surface area contributed by atoms with E-state index in [9.17, 15) is 19.5 Å². The predicted molar refractivity (Wildman–Crippen MR) is 122 cm³/mol. The minimum atomic E-state index is -0.867. The molecule has 2 N–H and O–H groups in total. The molecule has 3 aromatic carbocycles. The Morgan fingerprint density at radius 1 is 1.06 bits per heavy atom. The van der Waals surface area contributed by atoms with E-state index < -0.39 is 12.1 Å². The zero-order valence-corrected chi connectivity index (χ0v) is 17.9. The fourth-order valence-electron chi connectivity index (χ4n) is 4.77. The van der Waals surface area contributed by atoms with E-state index in [1.165, 1.54) is 0 Å². The van der Waals surface area contributed by atoms with E-state index in [1.54, 1.807) is 35.2 Å². The molecule has 0 aromatic heterocycles. The van der Waals surface area contributed by atoms with Crippen LogP contribution in [0.4, 0.5) is 0 Å². The fourth-order valence-corrected chi connectivity index (χ4v) is 4.77. The fraction of sp³-hybridized carbons (Fsp3) is 0.269. The quantitative estimate of drug-likeness (QED) is 0.630. The Kier molecular flexibility index (Phi) is 5.56. The van der Waals surface area contributed by atoms with Crippen LogP contribution in [-0.2, 0) is 20.7 Å². The van der Waals surface area contributed by atoms with E-state index >= 15 is 0 Å². The molecule has 2 aliphatic heterocycles. The first-order valence-corrected chi connectivity index (χ1v) is 11.0. The lowest BCUT2D eigenvalue weighted by atomic mass is 10.0. The van der Waals surface area contributed by atoms with E-state index in [0.717, 1.165) is 16.3 Å². The maximum atomic E-state index is 13.6. The second kappa shape index (κ2) is 8.67. The van der Waals surface area contributed by atoms with E-state index in [1.807, 2.05) is 36.4 Å². The van der Waals surface area contributed by atoms with E-state index in [-0.39, 0.29) is 42.5 Å². The highest BCUT2D eigenvalue weighted by Gasteiger charge is 2.48. The standard InChI is InChI=1S/C26H24N2O5/c29-18-10-8-16(9-11-18)14-21(26(32)28-13-12-23-24(28)22(30)15-33-23)27-25(31)20-7-3-5-17-4-1-2-6-19(17)20/h1-11,21,23-24,29H,12-15H2,(H,27,31). The van der Waals surface area contributed by atoms with Crippen molar-refractivity contribution in [1.82, 2.24) is 10.2 Å². The second-order valence-electron chi connectivity index (χ2n) is 8.50. The smallest absolute Gasteiger partial charge is 0.252 e. The van der Waals surface area contributed by atoms with Crippen molar-refractivity contribution in [2.75, 3.05) is 13.2 Å². The van der Waals surface area contributed by atoms with Crippen molar-refractivity contribution < 1.29 is 24.2 Å². The number of carbonyl (C=O) groups is 3. The van der Waals surface area contributed by atoms with E-state index in [0.29, 0.717) is 18.5 Å². The van der Waals surface area contributed by atoms with Crippen LogP contribution in [0.25, 0.3) is 10.8 Å². The molecule has 0 aliphatic carbocycles. The van der Waals surface area contributed by atoms with Gasteiger partial charge in [-0.3, -0.25) is 14.4 Å². The molecule has 3 atom stereocenters. The van der Waals surface area contributed by atoms with Gasteiger partial charge in [0.2, 0.25) is 5.91 Å². The number of hydrogen-bond acceptors (Lipinski definition) is 5. The number of amides is 2. The number of aromatic hydroxyl groups is 1. The van der Waals surface area contributed by atoms with Crippen molar-refractivity contribution in [3.05, 3.63) is 77.9 Å². The summed E-state index contributed by atoms with van der Waals surface area (Å²) >= 11 is 0. The summed E-state index contributed by atoms with van der Waals surface area (Å²) in [7, 11) is 0. The largest absolute Gasteiger partial charge is 0.508 e. The van der Waals surface area contributed by atoms with E-state index in [2.05, 4.69) is 5.32 Å². The zero-order valence-electron chi connectivity index (χ0n) is 17.9. The molecule has 2 fully saturated rings. The number of hydrogen-bond donors (Lipinski definition) is 2. The van der Waals surface area contributed by atoms with Crippen molar-refractivity contribution in [1.29, 1.82) is 0 Å². The lowest BCUT2D eigenvalue weighted by molar-refractivity contribution is -0.138. The summed E-state index contributed by atoms with van der Waals surface area (Å²) in [5, 5.41) is 14.3. The zero-order chi connectivity index (χ0) is 22.9. The minimum Gasteiger partial charge on any atom is -0.508 e. The van der Waals surface area contributed by atoms with Crippen LogP contribution in [0, 0.1) is 0 Å². The lowest BCUT2D eigenvalue weighted by Crippen LogP contribution is -2.53. The average Bonchev–Trinajstić information content (AvgIpc) is 3.42. The van der Waals surface area contributed by atoms with Crippen LogP contribution in [0.1, 0.15) is 22.3 Å². The Morgan fingerprint density at radius 3 is 2.64 bits per heavy atom. The Morgan fingerprint density at radius 2 is 1.82 bits per heavy atom. The summed E-state index contributed by atoms with van der Waals surface area (Å²) in [6, 6.07) is 18.1. The summed E-state index contributed by atoms with van der Waals surface area (Å²) in [6.07, 6.45) is 0.564. The molecule has 33 heavy (non-hydrogen) atoms. The van der Waals surface area contributed by atoms with E-state index in [4.69, 9.17) is 4.74 Å². The van der Waals surface area contributed by atoms with Gasteiger partial charge in [-0.05, 0) is 41.0 Å². The van der Waals surface area contributed by atoms with Crippen LogP contribution in [-0.4, -0.2) is 58.9 Å². The molecule has 2 aliphatic rings. The van der Waals surface area contributed by atoms with Gasteiger partial charge in [-0.1, -0.05) is 48.5 Å². The normalized spacial score (nSPS) is 20.6. The monoisotopic (exact) mass is 444 g/mol. The van der Waals surface area contributed by atoms with Gasteiger partial charge in [0.25, 0.3) is 5.91 Å². The van der Waals surface area contributed by atoms with Gasteiger partial charge in [0.1, 0.15) is 24.4 Å². The Bertz CT molecular complexity index is 1220. The van der Waals surface area contributed by atoms with Crippen LogP contribution in [0.5, 0.6) is 5.75 Å². The van der Waals surface area contributed by atoms with Gasteiger partial charge in [0.15, 0.2) is 5.78 Å². The van der Waals surface area contributed by atoms with Gasteiger partial charge in [0.05, 0.1) is 6.10 Å². The van der Waals surface area contributed by atoms with Crippen molar-refractivity contribution in [2.24, 2.45) is 0 Å². The maximum Gasteiger partial charge on any atom is 0.252 e. The number of nitrogens with one attached hydrogen (secondary N) is 1.